The fourth-order valence-electron chi connectivity index (χ4n) is 2.64. The molecule has 0 aliphatic heterocycles. The molecule has 1 saturated carbocycles. The summed E-state index contributed by atoms with van der Waals surface area (Å²) in [5.41, 5.74) is 1.69. The van der Waals surface area contributed by atoms with Gasteiger partial charge in [0, 0.05) is 25.0 Å². The Morgan fingerprint density at radius 1 is 1.31 bits per heavy atom. The summed E-state index contributed by atoms with van der Waals surface area (Å²) in [6.07, 6.45) is 12.1. The molecule has 0 spiro atoms. The SMILES string of the molecule is CC1(CNCc2cnc[nH]2)CCCCCC1. The van der Waals surface area contributed by atoms with E-state index in [9.17, 15) is 0 Å². The monoisotopic (exact) mass is 221 g/mol. The molecule has 90 valence electrons. The van der Waals surface area contributed by atoms with Gasteiger partial charge in [0.1, 0.15) is 0 Å². The van der Waals surface area contributed by atoms with E-state index in [2.05, 4.69) is 22.2 Å². The van der Waals surface area contributed by atoms with E-state index in [1.54, 1.807) is 6.33 Å². The van der Waals surface area contributed by atoms with Gasteiger partial charge < -0.3 is 10.3 Å². The summed E-state index contributed by atoms with van der Waals surface area (Å²) in [5, 5.41) is 3.55. The van der Waals surface area contributed by atoms with Gasteiger partial charge in [0.2, 0.25) is 0 Å². The van der Waals surface area contributed by atoms with E-state index >= 15 is 0 Å². The van der Waals surface area contributed by atoms with Gasteiger partial charge in [0.05, 0.1) is 6.33 Å². The number of nitrogens with one attached hydrogen (secondary N) is 2. The van der Waals surface area contributed by atoms with Crippen molar-refractivity contribution in [1.82, 2.24) is 15.3 Å². The summed E-state index contributed by atoms with van der Waals surface area (Å²) in [6.45, 7) is 4.47. The molecule has 16 heavy (non-hydrogen) atoms. The standard InChI is InChI=1S/C13H23N3/c1-13(6-4-2-3-5-7-13)10-14-8-12-9-15-11-16-12/h9,11,14H,2-8,10H2,1H3,(H,15,16). The molecular weight excluding hydrogens is 198 g/mol. The summed E-state index contributed by atoms with van der Waals surface area (Å²) in [6, 6.07) is 0. The van der Waals surface area contributed by atoms with Crippen LogP contribution >= 0.6 is 0 Å². The zero-order valence-electron chi connectivity index (χ0n) is 10.3. The third kappa shape index (κ3) is 3.34. The van der Waals surface area contributed by atoms with Gasteiger partial charge in [0.15, 0.2) is 0 Å². The van der Waals surface area contributed by atoms with Crippen molar-refractivity contribution in [3.63, 3.8) is 0 Å². The fourth-order valence-corrected chi connectivity index (χ4v) is 2.64. The van der Waals surface area contributed by atoms with Crippen LogP contribution in [0, 0.1) is 5.41 Å². The van der Waals surface area contributed by atoms with Gasteiger partial charge in [-0.1, -0.05) is 32.6 Å². The minimum atomic E-state index is 0.510. The van der Waals surface area contributed by atoms with Gasteiger partial charge in [-0.05, 0) is 18.3 Å². The lowest BCUT2D eigenvalue weighted by Gasteiger charge is -2.28. The molecule has 1 fully saturated rings. The Hall–Kier alpha value is -0.830. The van der Waals surface area contributed by atoms with E-state index in [0.29, 0.717) is 5.41 Å². The van der Waals surface area contributed by atoms with E-state index in [1.165, 1.54) is 44.2 Å². The first-order valence-corrected chi connectivity index (χ1v) is 6.47. The number of H-pyrrole nitrogens is 1. The van der Waals surface area contributed by atoms with Gasteiger partial charge >= 0.3 is 0 Å². The topological polar surface area (TPSA) is 40.7 Å². The minimum absolute atomic E-state index is 0.510. The maximum absolute atomic E-state index is 4.02. The molecule has 0 saturated heterocycles. The maximum Gasteiger partial charge on any atom is 0.0922 e. The van der Waals surface area contributed by atoms with Crippen molar-refractivity contribution in [2.45, 2.75) is 52.0 Å². The Kier molecular flexibility index (Phi) is 3.99. The van der Waals surface area contributed by atoms with Crippen LogP contribution in [-0.2, 0) is 6.54 Å². The Labute approximate surface area is 98.1 Å². The van der Waals surface area contributed by atoms with Crippen LogP contribution in [0.1, 0.15) is 51.1 Å². The molecule has 1 aromatic rings. The van der Waals surface area contributed by atoms with Crippen molar-refractivity contribution in [2.75, 3.05) is 6.54 Å². The summed E-state index contributed by atoms with van der Waals surface area (Å²) in [5.74, 6) is 0. The molecule has 3 heteroatoms. The van der Waals surface area contributed by atoms with Crippen molar-refractivity contribution in [2.24, 2.45) is 5.41 Å². The number of nitrogens with zero attached hydrogens (tertiary/aromatic N) is 1. The summed E-state index contributed by atoms with van der Waals surface area (Å²) in [4.78, 5) is 7.15. The molecule has 0 amide bonds. The van der Waals surface area contributed by atoms with E-state index < -0.39 is 0 Å². The molecule has 0 unspecified atom stereocenters. The molecule has 1 heterocycles. The number of aromatic amines is 1. The molecule has 0 atom stereocenters. The van der Waals surface area contributed by atoms with E-state index in [0.717, 1.165) is 13.1 Å². The molecule has 1 aliphatic carbocycles. The quantitative estimate of drug-likeness (QED) is 0.768. The normalized spacial score (nSPS) is 20.6. The second-order valence-corrected chi connectivity index (χ2v) is 5.41. The zero-order valence-corrected chi connectivity index (χ0v) is 10.3. The maximum atomic E-state index is 4.02. The molecule has 2 N–H and O–H groups in total. The third-order valence-corrected chi connectivity index (χ3v) is 3.73. The van der Waals surface area contributed by atoms with Crippen LogP contribution in [0.3, 0.4) is 0 Å². The van der Waals surface area contributed by atoms with Gasteiger partial charge in [-0.3, -0.25) is 0 Å². The predicted octanol–water partition coefficient (Wildman–Crippen LogP) is 2.86. The smallest absolute Gasteiger partial charge is 0.0922 e. The van der Waals surface area contributed by atoms with Gasteiger partial charge in [-0.25, -0.2) is 4.98 Å². The lowest BCUT2D eigenvalue weighted by Crippen LogP contribution is -2.31. The highest BCUT2D eigenvalue weighted by Gasteiger charge is 2.24. The van der Waals surface area contributed by atoms with E-state index in [-0.39, 0.29) is 0 Å². The largest absolute Gasteiger partial charge is 0.347 e. The lowest BCUT2D eigenvalue weighted by molar-refractivity contribution is 0.262. The van der Waals surface area contributed by atoms with Gasteiger partial charge in [-0.2, -0.15) is 0 Å². The van der Waals surface area contributed by atoms with Crippen LogP contribution in [0.2, 0.25) is 0 Å². The van der Waals surface area contributed by atoms with E-state index in [1.807, 2.05) is 6.20 Å². The lowest BCUT2D eigenvalue weighted by atomic mass is 9.82. The number of imidazole rings is 1. The molecule has 0 bridgehead atoms. The summed E-state index contributed by atoms with van der Waals surface area (Å²) < 4.78 is 0. The highest BCUT2D eigenvalue weighted by atomic mass is 14.9. The molecule has 0 radical (unpaired) electrons. The van der Waals surface area contributed by atoms with Crippen molar-refractivity contribution < 1.29 is 0 Å². The number of rotatable bonds is 4. The van der Waals surface area contributed by atoms with Crippen LogP contribution in [-0.4, -0.2) is 16.5 Å². The minimum Gasteiger partial charge on any atom is -0.347 e. The Morgan fingerprint density at radius 3 is 2.69 bits per heavy atom. The second-order valence-electron chi connectivity index (χ2n) is 5.41. The second kappa shape index (κ2) is 5.48. The van der Waals surface area contributed by atoms with Crippen LogP contribution < -0.4 is 5.32 Å². The van der Waals surface area contributed by atoms with Crippen LogP contribution in [0.15, 0.2) is 12.5 Å². The average Bonchev–Trinajstić information content (AvgIpc) is 2.68. The van der Waals surface area contributed by atoms with E-state index in [4.69, 9.17) is 0 Å². The Morgan fingerprint density at radius 2 is 2.06 bits per heavy atom. The molecule has 1 aromatic heterocycles. The Bertz CT molecular complexity index is 284. The first-order chi connectivity index (χ1) is 7.79. The Balaban J connectivity index is 1.75. The van der Waals surface area contributed by atoms with Crippen molar-refractivity contribution in [3.8, 4) is 0 Å². The molecular formula is C13H23N3. The zero-order chi connectivity index (χ0) is 11.3. The van der Waals surface area contributed by atoms with Crippen molar-refractivity contribution >= 4 is 0 Å². The molecule has 2 rings (SSSR count). The fraction of sp³-hybridized carbons (Fsp3) is 0.769. The van der Waals surface area contributed by atoms with Crippen LogP contribution in [0.25, 0.3) is 0 Å². The van der Waals surface area contributed by atoms with Crippen molar-refractivity contribution in [1.29, 1.82) is 0 Å². The molecule has 1 aliphatic rings. The summed E-state index contributed by atoms with van der Waals surface area (Å²) >= 11 is 0. The highest BCUT2D eigenvalue weighted by Crippen LogP contribution is 2.33. The summed E-state index contributed by atoms with van der Waals surface area (Å²) in [7, 11) is 0. The number of aromatic nitrogens is 2. The average molecular weight is 221 g/mol. The molecule has 0 aromatic carbocycles. The number of hydrogen-bond donors (Lipinski definition) is 2. The predicted molar refractivity (Wildman–Crippen MR) is 66.1 cm³/mol. The van der Waals surface area contributed by atoms with Gasteiger partial charge in [-0.15, -0.1) is 0 Å². The molecule has 3 nitrogen and oxygen atoms in total. The van der Waals surface area contributed by atoms with Gasteiger partial charge in [0.25, 0.3) is 0 Å². The first kappa shape index (κ1) is 11.6. The van der Waals surface area contributed by atoms with Crippen molar-refractivity contribution in [3.05, 3.63) is 18.2 Å². The highest BCUT2D eigenvalue weighted by molar-refractivity contribution is 4.93. The van der Waals surface area contributed by atoms with Crippen LogP contribution in [0.5, 0.6) is 0 Å². The third-order valence-electron chi connectivity index (χ3n) is 3.73. The van der Waals surface area contributed by atoms with Crippen LogP contribution in [0.4, 0.5) is 0 Å². The first-order valence-electron chi connectivity index (χ1n) is 6.47. The number of hydrogen-bond acceptors (Lipinski definition) is 2.